The molecule has 0 N–H and O–H groups in total. The quantitative estimate of drug-likeness (QED) is 0.632. The van der Waals surface area contributed by atoms with Crippen LogP contribution in [0.4, 0.5) is 0 Å². The Bertz CT molecular complexity index is 476. The molecule has 0 amide bonds. The zero-order valence-corrected chi connectivity index (χ0v) is 8.84. The van der Waals surface area contributed by atoms with E-state index >= 15 is 0 Å². The Morgan fingerprint density at radius 2 is 2.33 bits per heavy atom. The number of esters is 1. The van der Waals surface area contributed by atoms with Crippen molar-refractivity contribution in [3.63, 3.8) is 0 Å². The first-order chi connectivity index (χ1) is 7.11. The average molecular weight is 222 g/mol. The molecule has 15 heavy (non-hydrogen) atoms. The minimum atomic E-state index is -0.717. The highest BCUT2D eigenvalue weighted by atomic mass is 35.5. The Hall–Kier alpha value is -1.53. The van der Waals surface area contributed by atoms with Crippen LogP contribution in [0.5, 0.6) is 0 Å². The minimum Gasteiger partial charge on any atom is -0.443 e. The van der Waals surface area contributed by atoms with Gasteiger partial charge in [-0.25, -0.2) is 4.79 Å². The number of hydrogen-bond donors (Lipinski definition) is 0. The number of nitrogens with zero attached hydrogens (tertiary/aromatic N) is 1. The van der Waals surface area contributed by atoms with E-state index in [2.05, 4.69) is 0 Å². The van der Waals surface area contributed by atoms with Crippen molar-refractivity contribution >= 4 is 17.6 Å². The van der Waals surface area contributed by atoms with Crippen molar-refractivity contribution in [1.82, 2.24) is 0 Å². The molecular formula is C11H8ClNO2. The summed E-state index contributed by atoms with van der Waals surface area (Å²) < 4.78 is 4.91. The molecule has 1 heterocycles. The van der Waals surface area contributed by atoms with Gasteiger partial charge >= 0.3 is 5.97 Å². The number of aryl methyl sites for hydroxylation is 1. The van der Waals surface area contributed by atoms with Crippen LogP contribution >= 0.6 is 11.6 Å². The van der Waals surface area contributed by atoms with Crippen molar-refractivity contribution in [1.29, 1.82) is 5.26 Å². The van der Waals surface area contributed by atoms with Crippen LogP contribution < -0.4 is 0 Å². The Morgan fingerprint density at radius 1 is 1.60 bits per heavy atom. The Labute approximate surface area is 92.2 Å². The zero-order chi connectivity index (χ0) is 11.0. The van der Waals surface area contributed by atoms with Crippen LogP contribution in [0.15, 0.2) is 12.1 Å². The van der Waals surface area contributed by atoms with Gasteiger partial charge in [0.2, 0.25) is 0 Å². The molecule has 1 aliphatic heterocycles. The topological polar surface area (TPSA) is 50.1 Å². The first-order valence-corrected chi connectivity index (χ1v) is 4.89. The van der Waals surface area contributed by atoms with Crippen LogP contribution in [0.3, 0.4) is 0 Å². The number of halogens is 1. The van der Waals surface area contributed by atoms with E-state index in [4.69, 9.17) is 21.6 Å². The van der Waals surface area contributed by atoms with E-state index in [9.17, 15) is 4.79 Å². The summed E-state index contributed by atoms with van der Waals surface area (Å²) in [4.78, 5) is 11.5. The van der Waals surface area contributed by atoms with Crippen molar-refractivity contribution in [3.05, 3.63) is 33.8 Å². The summed E-state index contributed by atoms with van der Waals surface area (Å²) in [7, 11) is 0. The molecule has 1 atom stereocenters. The Balaban J connectivity index is 2.56. The molecule has 3 nitrogen and oxygen atoms in total. The molecule has 1 aromatic rings. The lowest BCUT2D eigenvalue weighted by atomic mass is 9.97. The highest BCUT2D eigenvalue weighted by Crippen LogP contribution is 2.28. The fourth-order valence-electron chi connectivity index (χ4n) is 1.65. The van der Waals surface area contributed by atoms with Gasteiger partial charge in [0.15, 0.2) is 6.10 Å². The van der Waals surface area contributed by atoms with Gasteiger partial charge in [-0.15, -0.1) is 0 Å². The maximum atomic E-state index is 11.5. The second kappa shape index (κ2) is 3.56. The summed E-state index contributed by atoms with van der Waals surface area (Å²) in [6, 6.07) is 5.43. The monoisotopic (exact) mass is 221 g/mol. The number of rotatable bonds is 0. The van der Waals surface area contributed by atoms with Crippen LogP contribution in [0.25, 0.3) is 0 Å². The van der Waals surface area contributed by atoms with Crippen molar-refractivity contribution in [2.45, 2.75) is 19.4 Å². The molecule has 2 rings (SSSR count). The van der Waals surface area contributed by atoms with E-state index in [0.717, 1.165) is 5.56 Å². The van der Waals surface area contributed by atoms with Gasteiger partial charge < -0.3 is 4.74 Å². The molecule has 0 saturated heterocycles. The van der Waals surface area contributed by atoms with Crippen molar-refractivity contribution in [2.75, 3.05) is 0 Å². The molecule has 0 aliphatic carbocycles. The fraction of sp³-hybridized carbons (Fsp3) is 0.273. The summed E-state index contributed by atoms with van der Waals surface area (Å²) in [6.07, 6.45) is -0.346. The number of fused-ring (bicyclic) bond motifs is 1. The molecule has 0 saturated carbocycles. The number of cyclic esters (lactones) is 1. The van der Waals surface area contributed by atoms with Crippen LogP contribution in [-0.2, 0) is 11.2 Å². The molecule has 0 spiro atoms. The lowest BCUT2D eigenvalue weighted by molar-refractivity contribution is 0.0371. The summed E-state index contributed by atoms with van der Waals surface area (Å²) in [5, 5.41) is 9.24. The summed E-state index contributed by atoms with van der Waals surface area (Å²) in [5.74, 6) is -0.464. The van der Waals surface area contributed by atoms with Crippen molar-refractivity contribution in [3.8, 4) is 6.07 Å². The van der Waals surface area contributed by atoms with Crippen LogP contribution in [0.2, 0.25) is 5.02 Å². The minimum absolute atomic E-state index is 0.372. The SMILES string of the molecule is Cc1cc(Cl)c2c(c1)C(=O)OC(C#N)C2. The molecule has 0 bridgehead atoms. The first-order valence-electron chi connectivity index (χ1n) is 4.51. The van der Waals surface area contributed by atoms with Gasteiger partial charge in [-0.3, -0.25) is 0 Å². The zero-order valence-electron chi connectivity index (χ0n) is 8.08. The lowest BCUT2D eigenvalue weighted by Crippen LogP contribution is -2.26. The molecule has 1 aliphatic rings. The number of nitriles is 1. The molecule has 0 radical (unpaired) electrons. The van der Waals surface area contributed by atoms with E-state index in [1.165, 1.54) is 0 Å². The van der Waals surface area contributed by atoms with E-state index in [1.54, 1.807) is 12.1 Å². The standard InChI is InChI=1S/C11H8ClNO2/c1-6-2-9-8(10(12)3-6)4-7(5-13)15-11(9)14/h2-3,7H,4H2,1H3. The molecule has 0 fully saturated rings. The van der Waals surface area contributed by atoms with Crippen LogP contribution in [0, 0.1) is 18.3 Å². The van der Waals surface area contributed by atoms with E-state index in [0.29, 0.717) is 22.6 Å². The van der Waals surface area contributed by atoms with Crippen LogP contribution in [-0.4, -0.2) is 12.1 Å². The average Bonchev–Trinajstić information content (AvgIpc) is 2.19. The molecule has 76 valence electrons. The second-order valence-electron chi connectivity index (χ2n) is 3.50. The van der Waals surface area contributed by atoms with Crippen LogP contribution in [0.1, 0.15) is 21.5 Å². The number of benzene rings is 1. The highest BCUT2D eigenvalue weighted by Gasteiger charge is 2.27. The molecule has 4 heteroatoms. The third-order valence-corrected chi connectivity index (χ3v) is 2.68. The third-order valence-electron chi connectivity index (χ3n) is 2.34. The van der Waals surface area contributed by atoms with E-state index in [-0.39, 0.29) is 0 Å². The molecule has 1 aromatic carbocycles. The molecule has 0 aromatic heterocycles. The number of carbonyl (C=O) groups excluding carboxylic acids is 1. The Morgan fingerprint density at radius 3 is 3.00 bits per heavy atom. The van der Waals surface area contributed by atoms with Gasteiger partial charge in [0.25, 0.3) is 0 Å². The largest absolute Gasteiger partial charge is 0.443 e. The number of carbonyl (C=O) groups is 1. The first kappa shape index (κ1) is 10.0. The third kappa shape index (κ3) is 1.69. The smallest absolute Gasteiger partial charge is 0.339 e. The van der Waals surface area contributed by atoms with Gasteiger partial charge in [0.05, 0.1) is 5.56 Å². The maximum absolute atomic E-state index is 11.5. The second-order valence-corrected chi connectivity index (χ2v) is 3.91. The van der Waals surface area contributed by atoms with Crippen molar-refractivity contribution in [2.24, 2.45) is 0 Å². The predicted molar refractivity (Wildman–Crippen MR) is 54.7 cm³/mol. The van der Waals surface area contributed by atoms with Crippen molar-refractivity contribution < 1.29 is 9.53 Å². The van der Waals surface area contributed by atoms with Gasteiger partial charge in [0, 0.05) is 11.4 Å². The fourth-order valence-corrected chi connectivity index (χ4v) is 2.00. The van der Waals surface area contributed by atoms with Gasteiger partial charge in [-0.2, -0.15) is 5.26 Å². The van der Waals surface area contributed by atoms with E-state index < -0.39 is 12.1 Å². The summed E-state index contributed by atoms with van der Waals surface area (Å²) in [6.45, 7) is 1.86. The maximum Gasteiger partial charge on any atom is 0.339 e. The summed E-state index contributed by atoms with van der Waals surface area (Å²) >= 11 is 6.02. The van der Waals surface area contributed by atoms with Gasteiger partial charge in [-0.05, 0) is 30.2 Å². The Kier molecular flexibility index (Phi) is 2.37. The number of hydrogen-bond acceptors (Lipinski definition) is 3. The molecule has 1 unspecified atom stereocenters. The lowest BCUT2D eigenvalue weighted by Gasteiger charge is -2.21. The van der Waals surface area contributed by atoms with Gasteiger partial charge in [-0.1, -0.05) is 11.6 Å². The highest BCUT2D eigenvalue weighted by molar-refractivity contribution is 6.32. The molecular weight excluding hydrogens is 214 g/mol. The predicted octanol–water partition coefficient (Wildman–Crippen LogP) is 2.25. The summed E-state index contributed by atoms with van der Waals surface area (Å²) in [5.41, 5.74) is 2.10. The normalized spacial score (nSPS) is 19.0. The number of ether oxygens (including phenoxy) is 1. The van der Waals surface area contributed by atoms with E-state index in [1.807, 2.05) is 13.0 Å². The van der Waals surface area contributed by atoms with Gasteiger partial charge in [0.1, 0.15) is 6.07 Å².